The van der Waals surface area contributed by atoms with Gasteiger partial charge in [0, 0.05) is 26.2 Å². The molecule has 0 radical (unpaired) electrons. The van der Waals surface area contributed by atoms with Crippen molar-refractivity contribution in [1.29, 1.82) is 0 Å². The molecule has 0 spiro atoms. The van der Waals surface area contributed by atoms with Gasteiger partial charge >= 0.3 is 0 Å². The summed E-state index contributed by atoms with van der Waals surface area (Å²) in [5, 5.41) is 3.05. The molecule has 1 amide bonds. The summed E-state index contributed by atoms with van der Waals surface area (Å²) in [5.74, 6) is 0.222. The number of likely N-dealkylation sites (tertiary alicyclic amines) is 1. The number of hydrogen-bond donors (Lipinski definition) is 1. The molecule has 16 heavy (non-hydrogen) atoms. The van der Waals surface area contributed by atoms with Gasteiger partial charge in [0.1, 0.15) is 0 Å². The third kappa shape index (κ3) is 2.53. The van der Waals surface area contributed by atoms with Crippen molar-refractivity contribution in [3.05, 3.63) is 0 Å². The van der Waals surface area contributed by atoms with Crippen LogP contribution in [0, 0.1) is 0 Å². The van der Waals surface area contributed by atoms with Gasteiger partial charge in [-0.1, -0.05) is 0 Å². The van der Waals surface area contributed by atoms with Crippen molar-refractivity contribution in [2.75, 3.05) is 46.9 Å². The second kappa shape index (κ2) is 5.12. The minimum absolute atomic E-state index is 0.0151. The molecular formula is C11H21N3O2. The van der Waals surface area contributed by atoms with Crippen LogP contribution in [0.3, 0.4) is 0 Å². The van der Waals surface area contributed by atoms with Gasteiger partial charge in [-0.05, 0) is 20.5 Å². The first-order valence-electron chi connectivity index (χ1n) is 5.97. The van der Waals surface area contributed by atoms with E-state index in [1.807, 2.05) is 11.9 Å². The molecule has 0 bridgehead atoms. The molecule has 2 rings (SSSR count). The highest BCUT2D eigenvalue weighted by molar-refractivity contribution is 5.83. The van der Waals surface area contributed by atoms with Gasteiger partial charge < -0.3 is 19.9 Å². The highest BCUT2D eigenvalue weighted by Gasteiger charge is 2.32. The number of morpholine rings is 1. The number of amides is 1. The Morgan fingerprint density at radius 3 is 2.94 bits per heavy atom. The highest BCUT2D eigenvalue weighted by Crippen LogP contribution is 2.13. The largest absolute Gasteiger partial charge is 0.374 e. The Kier molecular flexibility index (Phi) is 3.78. The second-order valence-electron chi connectivity index (χ2n) is 4.67. The summed E-state index contributed by atoms with van der Waals surface area (Å²) in [5.41, 5.74) is 0. The highest BCUT2D eigenvalue weighted by atomic mass is 16.5. The maximum Gasteiger partial charge on any atom is 0.239 e. The summed E-state index contributed by atoms with van der Waals surface area (Å²) in [6, 6.07) is 0.0151. The molecule has 0 aromatic carbocycles. The first kappa shape index (κ1) is 11.8. The van der Waals surface area contributed by atoms with E-state index in [0.29, 0.717) is 0 Å². The molecule has 0 aromatic heterocycles. The van der Waals surface area contributed by atoms with Crippen molar-refractivity contribution in [2.45, 2.75) is 18.6 Å². The van der Waals surface area contributed by atoms with E-state index >= 15 is 0 Å². The average Bonchev–Trinajstić information content (AvgIpc) is 2.60. The molecule has 2 aliphatic heterocycles. The Morgan fingerprint density at radius 2 is 2.31 bits per heavy atom. The van der Waals surface area contributed by atoms with Crippen LogP contribution in [0.25, 0.3) is 0 Å². The van der Waals surface area contributed by atoms with Crippen LogP contribution in [0.2, 0.25) is 0 Å². The number of hydrogen-bond acceptors (Lipinski definition) is 4. The van der Waals surface area contributed by atoms with E-state index in [-0.39, 0.29) is 18.1 Å². The number of likely N-dealkylation sites (N-methyl/N-ethyl adjacent to an activating group) is 2. The van der Waals surface area contributed by atoms with Crippen molar-refractivity contribution < 1.29 is 9.53 Å². The number of nitrogens with zero attached hydrogens (tertiary/aromatic N) is 2. The zero-order chi connectivity index (χ0) is 11.5. The molecule has 0 saturated carbocycles. The third-order valence-corrected chi connectivity index (χ3v) is 3.41. The lowest BCUT2D eigenvalue weighted by Gasteiger charge is -2.32. The Hall–Kier alpha value is -0.650. The third-order valence-electron chi connectivity index (χ3n) is 3.41. The molecule has 5 heteroatoms. The summed E-state index contributed by atoms with van der Waals surface area (Å²) in [6.07, 6.45) is 1.09. The molecule has 2 heterocycles. The normalized spacial score (nSPS) is 32.4. The summed E-state index contributed by atoms with van der Waals surface area (Å²) in [4.78, 5) is 16.1. The standard InChI is InChI=1S/C11H21N3O2/c1-12-10-3-4-14(11(10)15)8-9-7-13(2)5-6-16-9/h9-10,12H,3-8H2,1-2H3. The summed E-state index contributed by atoms with van der Waals surface area (Å²) in [6.45, 7) is 4.28. The van der Waals surface area contributed by atoms with Crippen molar-refractivity contribution >= 4 is 5.91 Å². The number of nitrogens with one attached hydrogen (secondary N) is 1. The van der Waals surface area contributed by atoms with Crippen molar-refractivity contribution in [1.82, 2.24) is 15.1 Å². The minimum Gasteiger partial charge on any atom is -0.374 e. The topological polar surface area (TPSA) is 44.8 Å². The lowest BCUT2D eigenvalue weighted by atomic mass is 10.2. The van der Waals surface area contributed by atoms with E-state index in [2.05, 4.69) is 17.3 Å². The first-order chi connectivity index (χ1) is 7.70. The molecule has 0 aliphatic carbocycles. The average molecular weight is 227 g/mol. The van der Waals surface area contributed by atoms with E-state index in [9.17, 15) is 4.79 Å². The fraction of sp³-hybridized carbons (Fsp3) is 0.909. The smallest absolute Gasteiger partial charge is 0.239 e. The molecule has 2 saturated heterocycles. The van der Waals surface area contributed by atoms with Crippen LogP contribution in [0.1, 0.15) is 6.42 Å². The van der Waals surface area contributed by atoms with Crippen LogP contribution in [0.4, 0.5) is 0 Å². The van der Waals surface area contributed by atoms with E-state index in [0.717, 1.165) is 39.2 Å². The second-order valence-corrected chi connectivity index (χ2v) is 4.67. The molecule has 0 aromatic rings. The predicted octanol–water partition coefficient (Wildman–Crippen LogP) is -0.863. The summed E-state index contributed by atoms with van der Waals surface area (Å²) < 4.78 is 5.67. The monoisotopic (exact) mass is 227 g/mol. The van der Waals surface area contributed by atoms with Crippen LogP contribution >= 0.6 is 0 Å². The van der Waals surface area contributed by atoms with E-state index in [1.165, 1.54) is 0 Å². The van der Waals surface area contributed by atoms with Crippen LogP contribution in [-0.4, -0.2) is 74.7 Å². The molecular weight excluding hydrogens is 206 g/mol. The van der Waals surface area contributed by atoms with Gasteiger partial charge in [-0.3, -0.25) is 4.79 Å². The molecule has 5 nitrogen and oxygen atoms in total. The molecule has 92 valence electrons. The van der Waals surface area contributed by atoms with Crippen molar-refractivity contribution in [3.63, 3.8) is 0 Å². The Bertz CT molecular complexity index is 260. The number of carbonyl (C=O) groups excluding carboxylic acids is 1. The SMILES string of the molecule is CNC1CCN(CC2CN(C)CCO2)C1=O. The maximum absolute atomic E-state index is 11.9. The fourth-order valence-electron chi connectivity index (χ4n) is 2.41. The Labute approximate surface area is 96.7 Å². The zero-order valence-electron chi connectivity index (χ0n) is 10.1. The first-order valence-corrected chi connectivity index (χ1v) is 5.97. The quantitative estimate of drug-likeness (QED) is 0.681. The fourth-order valence-corrected chi connectivity index (χ4v) is 2.41. The molecule has 2 aliphatic rings. The Morgan fingerprint density at radius 1 is 1.50 bits per heavy atom. The van der Waals surface area contributed by atoms with Crippen LogP contribution in [-0.2, 0) is 9.53 Å². The van der Waals surface area contributed by atoms with Crippen molar-refractivity contribution in [2.24, 2.45) is 0 Å². The van der Waals surface area contributed by atoms with Crippen LogP contribution in [0.5, 0.6) is 0 Å². The van der Waals surface area contributed by atoms with Gasteiger partial charge in [-0.15, -0.1) is 0 Å². The molecule has 2 unspecified atom stereocenters. The molecule has 1 N–H and O–H groups in total. The van der Waals surface area contributed by atoms with Crippen molar-refractivity contribution in [3.8, 4) is 0 Å². The molecule has 2 atom stereocenters. The van der Waals surface area contributed by atoms with Crippen LogP contribution < -0.4 is 5.32 Å². The van der Waals surface area contributed by atoms with Gasteiger partial charge in [0.15, 0.2) is 0 Å². The van der Waals surface area contributed by atoms with E-state index < -0.39 is 0 Å². The molecule has 2 fully saturated rings. The van der Waals surface area contributed by atoms with E-state index in [4.69, 9.17) is 4.74 Å². The van der Waals surface area contributed by atoms with Gasteiger partial charge in [0.2, 0.25) is 5.91 Å². The minimum atomic E-state index is 0.0151. The van der Waals surface area contributed by atoms with Crippen LogP contribution in [0.15, 0.2) is 0 Å². The van der Waals surface area contributed by atoms with E-state index in [1.54, 1.807) is 0 Å². The number of rotatable bonds is 3. The number of ether oxygens (including phenoxy) is 1. The maximum atomic E-state index is 11.9. The number of carbonyl (C=O) groups is 1. The lowest BCUT2D eigenvalue weighted by Crippen LogP contribution is -2.47. The van der Waals surface area contributed by atoms with Gasteiger partial charge in [-0.2, -0.15) is 0 Å². The van der Waals surface area contributed by atoms with Gasteiger partial charge in [-0.25, -0.2) is 0 Å². The Balaban J connectivity index is 1.83. The summed E-state index contributed by atoms with van der Waals surface area (Å²) in [7, 11) is 3.94. The van der Waals surface area contributed by atoms with Gasteiger partial charge in [0.25, 0.3) is 0 Å². The summed E-state index contributed by atoms with van der Waals surface area (Å²) >= 11 is 0. The predicted molar refractivity (Wildman–Crippen MR) is 61.3 cm³/mol. The van der Waals surface area contributed by atoms with Gasteiger partial charge in [0.05, 0.1) is 18.8 Å². The lowest BCUT2D eigenvalue weighted by molar-refractivity contribution is -0.132. The zero-order valence-corrected chi connectivity index (χ0v) is 10.1.